The smallest absolute Gasteiger partial charge is 0.198 e. The fourth-order valence-electron chi connectivity index (χ4n) is 5.12. The molecular formula is C26H30ClNO8. The van der Waals surface area contributed by atoms with Crippen LogP contribution in [0.25, 0.3) is 0 Å². The Balaban J connectivity index is 0.00000304. The van der Waals surface area contributed by atoms with Crippen molar-refractivity contribution >= 4 is 24.0 Å². The number of aliphatic hydroxyl groups is 1. The molecule has 1 aliphatic carbocycles. The minimum absolute atomic E-state index is 0. The number of aromatic hydroxyl groups is 2. The predicted molar refractivity (Wildman–Crippen MR) is 131 cm³/mol. The van der Waals surface area contributed by atoms with Gasteiger partial charge in [-0.3, -0.25) is 9.59 Å². The van der Waals surface area contributed by atoms with E-state index in [0.717, 1.165) is 0 Å². The molecule has 0 aromatic heterocycles. The second kappa shape index (κ2) is 9.74. The van der Waals surface area contributed by atoms with Crippen LogP contribution in [0.4, 0.5) is 0 Å². The molecule has 2 aromatic carbocycles. The van der Waals surface area contributed by atoms with E-state index in [1.807, 2.05) is 13.8 Å². The molecule has 1 fully saturated rings. The number of hydrogen-bond acceptors (Lipinski definition) is 9. The zero-order valence-electron chi connectivity index (χ0n) is 20.1. The largest absolute Gasteiger partial charge is 0.507 e. The number of halogens is 1. The van der Waals surface area contributed by atoms with Crippen LogP contribution in [-0.2, 0) is 20.6 Å². The van der Waals surface area contributed by atoms with Crippen LogP contribution in [0.1, 0.15) is 76.5 Å². The Labute approximate surface area is 214 Å². The summed E-state index contributed by atoms with van der Waals surface area (Å²) in [6.07, 6.45) is -3.51. The lowest BCUT2D eigenvalue weighted by atomic mass is 9.78. The van der Waals surface area contributed by atoms with Gasteiger partial charge in [0.05, 0.1) is 35.0 Å². The number of rotatable bonds is 3. The van der Waals surface area contributed by atoms with E-state index in [4.69, 9.17) is 19.9 Å². The van der Waals surface area contributed by atoms with E-state index < -0.39 is 54.2 Å². The van der Waals surface area contributed by atoms with Crippen molar-refractivity contribution in [2.24, 2.45) is 11.7 Å². The number of hydrogen-bond donors (Lipinski definition) is 4. The minimum Gasteiger partial charge on any atom is -0.507 e. The summed E-state index contributed by atoms with van der Waals surface area (Å²) in [6.45, 7) is 5.56. The van der Waals surface area contributed by atoms with E-state index >= 15 is 0 Å². The van der Waals surface area contributed by atoms with Crippen molar-refractivity contribution in [3.63, 3.8) is 0 Å². The molecule has 2 aliphatic heterocycles. The van der Waals surface area contributed by atoms with Gasteiger partial charge >= 0.3 is 0 Å². The number of benzene rings is 2. The van der Waals surface area contributed by atoms with Crippen molar-refractivity contribution in [2.75, 3.05) is 0 Å². The van der Waals surface area contributed by atoms with Crippen molar-refractivity contribution in [3.8, 4) is 11.5 Å². The van der Waals surface area contributed by atoms with E-state index in [1.54, 1.807) is 19.1 Å². The van der Waals surface area contributed by atoms with Crippen LogP contribution in [0, 0.1) is 5.92 Å². The highest BCUT2D eigenvalue weighted by Gasteiger charge is 2.44. The van der Waals surface area contributed by atoms with Gasteiger partial charge in [-0.1, -0.05) is 38.1 Å². The van der Waals surface area contributed by atoms with E-state index in [-0.39, 0.29) is 64.7 Å². The second-order valence-electron chi connectivity index (χ2n) is 9.79. The molecular weight excluding hydrogens is 490 g/mol. The number of carbonyl (C=O) groups excluding carboxylic acids is 2. The lowest BCUT2D eigenvalue weighted by molar-refractivity contribution is -0.302. The van der Waals surface area contributed by atoms with E-state index in [9.17, 15) is 24.9 Å². The van der Waals surface area contributed by atoms with Gasteiger partial charge in [0.15, 0.2) is 24.1 Å². The lowest BCUT2D eigenvalue weighted by Crippen LogP contribution is -2.52. The molecule has 10 heteroatoms. The van der Waals surface area contributed by atoms with E-state index in [0.29, 0.717) is 5.56 Å². The molecule has 194 valence electrons. The van der Waals surface area contributed by atoms with Gasteiger partial charge in [0.2, 0.25) is 0 Å². The lowest BCUT2D eigenvalue weighted by Gasteiger charge is -2.41. The summed E-state index contributed by atoms with van der Waals surface area (Å²) < 4.78 is 18.0. The first kappa shape index (κ1) is 26.5. The average molecular weight is 520 g/mol. The number of fused-ring (bicyclic) bond motifs is 3. The number of phenols is 2. The number of carbonyl (C=O) groups is 2. The second-order valence-corrected chi connectivity index (χ2v) is 9.79. The summed E-state index contributed by atoms with van der Waals surface area (Å²) in [7, 11) is 0. The third-order valence-corrected chi connectivity index (χ3v) is 7.17. The maximum atomic E-state index is 13.3. The molecule has 1 saturated heterocycles. The quantitative estimate of drug-likeness (QED) is 0.383. The minimum atomic E-state index is -1.19. The monoisotopic (exact) mass is 519 g/mol. The summed E-state index contributed by atoms with van der Waals surface area (Å²) >= 11 is 0. The zero-order chi connectivity index (χ0) is 25.2. The SMILES string of the molecule is CC(C)[C@@H]1Cc2c(O)c3c(c(O)c2[C@@H](O[C@H]2C[C@H](N)[C@H](O)[C@@H](C)O2)O1)C(=O)c1ccccc1C3=O.Cl. The van der Waals surface area contributed by atoms with Crippen LogP contribution in [0.15, 0.2) is 24.3 Å². The summed E-state index contributed by atoms with van der Waals surface area (Å²) in [4.78, 5) is 26.6. The molecule has 0 unspecified atom stereocenters. The van der Waals surface area contributed by atoms with Crippen molar-refractivity contribution in [1.29, 1.82) is 0 Å². The van der Waals surface area contributed by atoms with Crippen molar-refractivity contribution < 1.29 is 39.1 Å². The van der Waals surface area contributed by atoms with Gasteiger partial charge in [0, 0.05) is 35.6 Å². The molecule has 5 N–H and O–H groups in total. The Kier molecular flexibility index (Phi) is 7.18. The van der Waals surface area contributed by atoms with Gasteiger partial charge < -0.3 is 35.3 Å². The molecule has 0 spiro atoms. The third-order valence-electron chi connectivity index (χ3n) is 7.17. The van der Waals surface area contributed by atoms with E-state index in [1.165, 1.54) is 12.1 Å². The first-order valence-electron chi connectivity index (χ1n) is 11.8. The van der Waals surface area contributed by atoms with Crippen molar-refractivity contribution in [2.45, 2.75) is 70.5 Å². The Morgan fingerprint density at radius 3 is 2.17 bits per heavy atom. The van der Waals surface area contributed by atoms with Gasteiger partial charge in [-0.15, -0.1) is 12.4 Å². The summed E-state index contributed by atoms with van der Waals surface area (Å²) in [5.41, 5.74) is 6.28. The van der Waals surface area contributed by atoms with Gasteiger partial charge in [-0.25, -0.2) is 0 Å². The number of ketones is 2. The van der Waals surface area contributed by atoms with Crippen LogP contribution in [-0.4, -0.2) is 57.5 Å². The highest BCUT2D eigenvalue weighted by Crippen LogP contribution is 2.49. The van der Waals surface area contributed by atoms with Crippen LogP contribution in [0.3, 0.4) is 0 Å². The number of aliphatic hydroxyl groups excluding tert-OH is 1. The molecule has 2 aromatic rings. The third kappa shape index (κ3) is 4.09. The fraction of sp³-hybridized carbons (Fsp3) is 0.462. The van der Waals surface area contributed by atoms with Crippen molar-refractivity contribution in [1.82, 2.24) is 0 Å². The van der Waals surface area contributed by atoms with Gasteiger partial charge in [0.1, 0.15) is 11.5 Å². The first-order chi connectivity index (χ1) is 16.6. The molecule has 2 heterocycles. The molecule has 3 aliphatic rings. The van der Waals surface area contributed by atoms with E-state index in [2.05, 4.69) is 0 Å². The van der Waals surface area contributed by atoms with Crippen molar-refractivity contribution in [3.05, 3.63) is 57.6 Å². The molecule has 9 nitrogen and oxygen atoms in total. The molecule has 0 bridgehead atoms. The first-order valence-corrected chi connectivity index (χ1v) is 11.8. The molecule has 6 atom stereocenters. The number of ether oxygens (including phenoxy) is 3. The number of nitrogens with two attached hydrogens (primary N) is 1. The highest BCUT2D eigenvalue weighted by atomic mass is 35.5. The maximum absolute atomic E-state index is 13.3. The molecule has 5 rings (SSSR count). The highest BCUT2D eigenvalue weighted by molar-refractivity contribution is 6.30. The summed E-state index contributed by atoms with van der Waals surface area (Å²) in [5.74, 6) is -1.89. The standard InChI is InChI=1S/C26H29NO8.ClH/c1-10(2)16-8-14-18(26(34-16)35-17-9-15(27)21(28)11(3)33-17)25(32)20-19(24(14)31)22(29)12-6-4-5-7-13(12)23(20)30;/h4-7,10-11,15-17,21,26,28,31-32H,8-9,27H2,1-3H3;1H/t11-,15+,16+,17+,21-,26-;/m1./s1. The Morgan fingerprint density at radius 1 is 1.03 bits per heavy atom. The fourth-order valence-corrected chi connectivity index (χ4v) is 5.12. The summed E-state index contributed by atoms with van der Waals surface area (Å²) in [6, 6.07) is 5.72. The zero-order valence-corrected chi connectivity index (χ0v) is 21.0. The normalized spacial score (nSPS) is 29.3. The van der Waals surface area contributed by atoms with Crippen LogP contribution < -0.4 is 5.73 Å². The van der Waals surface area contributed by atoms with Crippen LogP contribution in [0.5, 0.6) is 11.5 Å². The predicted octanol–water partition coefficient (Wildman–Crippen LogP) is 2.73. The molecule has 0 saturated carbocycles. The Hall–Kier alpha value is -2.53. The average Bonchev–Trinajstić information content (AvgIpc) is 2.82. The summed E-state index contributed by atoms with van der Waals surface area (Å²) in [5, 5.41) is 32.7. The van der Waals surface area contributed by atoms with Gasteiger partial charge in [-0.2, -0.15) is 0 Å². The van der Waals surface area contributed by atoms with Gasteiger partial charge in [0.25, 0.3) is 0 Å². The number of phenolic OH excluding ortho intramolecular Hbond substituents is 2. The topological polar surface area (TPSA) is 149 Å². The van der Waals surface area contributed by atoms with Gasteiger partial charge in [-0.05, 0) is 12.8 Å². The van der Waals surface area contributed by atoms with Crippen LogP contribution >= 0.6 is 12.4 Å². The molecule has 0 radical (unpaired) electrons. The van der Waals surface area contributed by atoms with Crippen LogP contribution in [0.2, 0.25) is 0 Å². The Bertz CT molecular complexity index is 1200. The molecule has 36 heavy (non-hydrogen) atoms. The molecule has 0 amide bonds. The maximum Gasteiger partial charge on any atom is 0.198 e. The Morgan fingerprint density at radius 2 is 1.61 bits per heavy atom.